The molecule has 1 aliphatic heterocycles. The molecule has 0 radical (unpaired) electrons. The van der Waals surface area contributed by atoms with Crippen molar-refractivity contribution in [3.63, 3.8) is 0 Å². The normalized spacial score (nSPS) is 31.0. The van der Waals surface area contributed by atoms with Crippen LogP contribution in [0, 0.1) is 0 Å². The van der Waals surface area contributed by atoms with E-state index >= 15 is 0 Å². The first kappa shape index (κ1) is 14.1. The Labute approximate surface area is 137 Å². The Kier molecular flexibility index (Phi) is 2.98. The number of aromatic amines is 1. The highest BCUT2D eigenvalue weighted by Gasteiger charge is 2.53. The molecule has 4 heterocycles. The summed E-state index contributed by atoms with van der Waals surface area (Å²) in [5, 5.41) is 31.3. The maximum atomic E-state index is 10.7. The smallest absolute Gasteiger partial charge is 0.167 e. The van der Waals surface area contributed by atoms with E-state index in [1.165, 1.54) is 17.7 Å². The van der Waals surface area contributed by atoms with Gasteiger partial charge in [-0.3, -0.25) is 4.98 Å². The van der Waals surface area contributed by atoms with Gasteiger partial charge in [0.1, 0.15) is 36.8 Å². The van der Waals surface area contributed by atoms with Gasteiger partial charge in [0.15, 0.2) is 6.23 Å². The van der Waals surface area contributed by atoms with Crippen molar-refractivity contribution in [3.8, 4) is 0 Å². The molecule has 4 N–H and O–H groups in total. The zero-order valence-corrected chi connectivity index (χ0v) is 12.8. The third-order valence-electron chi connectivity index (χ3n) is 4.37. The molecule has 0 spiro atoms. The van der Waals surface area contributed by atoms with E-state index in [0.29, 0.717) is 27.5 Å². The Bertz CT molecular complexity index is 1030. The van der Waals surface area contributed by atoms with E-state index < -0.39 is 30.6 Å². The van der Waals surface area contributed by atoms with Crippen LogP contribution in [0.1, 0.15) is 14.5 Å². The molecule has 0 aliphatic carbocycles. The van der Waals surface area contributed by atoms with E-state index in [4.69, 9.17) is 6.11 Å². The Morgan fingerprint density at radius 1 is 1.50 bits per heavy atom. The number of aliphatic hydroxyl groups is 3. The molecule has 4 atom stereocenters. The quantitative estimate of drug-likeness (QED) is 0.473. The van der Waals surface area contributed by atoms with Crippen LogP contribution in [0.25, 0.3) is 28.8 Å². The Hall–Kier alpha value is -2.33. The standard InChI is InChI=1S/C15H17N5O4/c1-7-3-16-8-4-20(13-10(8)12(19-7)17-6-18-13)14-15(2,23)11(22)9(5-21)24-14/h3-4,6,9,11,14,21-23H,1,5H2,2H3,(H,17,18,19)/t9-,11-,14-,15?/m1/s1/i6T. The van der Waals surface area contributed by atoms with Gasteiger partial charge in [0.05, 0.1) is 29.1 Å². The topological polar surface area (TPSA) is 129 Å². The van der Waals surface area contributed by atoms with Crippen molar-refractivity contribution in [1.29, 1.82) is 0 Å². The monoisotopic (exact) mass is 333 g/mol. The minimum Gasteiger partial charge on any atom is -0.394 e. The molecule has 1 unspecified atom stereocenters. The summed E-state index contributed by atoms with van der Waals surface area (Å²) in [7, 11) is 0. The molecule has 9 heteroatoms. The fraction of sp³-hybridized carbons (Fsp3) is 0.400. The Morgan fingerprint density at radius 2 is 2.29 bits per heavy atom. The van der Waals surface area contributed by atoms with Gasteiger partial charge in [0, 0.05) is 6.20 Å². The molecule has 3 aromatic rings. The van der Waals surface area contributed by atoms with Gasteiger partial charge in [-0.15, -0.1) is 0 Å². The number of ether oxygens (including phenoxy) is 1. The van der Waals surface area contributed by atoms with Gasteiger partial charge >= 0.3 is 0 Å². The van der Waals surface area contributed by atoms with Crippen molar-refractivity contribution < 1.29 is 21.4 Å². The van der Waals surface area contributed by atoms with E-state index in [-0.39, 0.29) is 6.30 Å². The van der Waals surface area contributed by atoms with E-state index in [1.54, 1.807) is 6.20 Å². The van der Waals surface area contributed by atoms with Gasteiger partial charge in [-0.05, 0) is 6.92 Å². The average Bonchev–Trinajstić information content (AvgIpc) is 2.94. The molecule has 126 valence electrons. The Balaban J connectivity index is 2.02. The van der Waals surface area contributed by atoms with Gasteiger partial charge in [-0.2, -0.15) is 0 Å². The lowest BCUT2D eigenvalue weighted by Gasteiger charge is -2.27. The van der Waals surface area contributed by atoms with E-state index in [1.807, 2.05) is 0 Å². The van der Waals surface area contributed by atoms with Crippen LogP contribution in [0.2, 0.25) is 0 Å². The number of hydrogen-bond donors (Lipinski definition) is 4. The number of H-pyrrole nitrogens is 1. The van der Waals surface area contributed by atoms with Crippen molar-refractivity contribution in [2.24, 2.45) is 0 Å². The third kappa shape index (κ3) is 1.99. The summed E-state index contributed by atoms with van der Waals surface area (Å²) in [6.07, 6.45) is -0.349. The average molecular weight is 333 g/mol. The molecule has 1 saturated heterocycles. The molecule has 0 aromatic carbocycles. The molecule has 9 nitrogen and oxygen atoms in total. The predicted octanol–water partition coefficient (Wildman–Crippen LogP) is -0.999. The second-order valence-corrected chi connectivity index (χ2v) is 6.08. The number of aromatic nitrogens is 5. The summed E-state index contributed by atoms with van der Waals surface area (Å²) < 4.78 is 15.0. The third-order valence-corrected chi connectivity index (χ3v) is 4.37. The van der Waals surface area contributed by atoms with Crippen molar-refractivity contribution in [1.82, 2.24) is 24.5 Å². The summed E-state index contributed by atoms with van der Waals surface area (Å²) in [5.41, 5.74) is -0.463. The largest absolute Gasteiger partial charge is 0.394 e. The van der Waals surface area contributed by atoms with Crippen LogP contribution in [-0.4, -0.2) is 64.2 Å². The molecule has 3 aromatic heterocycles. The number of hydrogen-bond acceptors (Lipinski definition) is 7. The minimum absolute atomic E-state index is 0.229. The van der Waals surface area contributed by atoms with Crippen LogP contribution < -0.4 is 5.35 Å². The van der Waals surface area contributed by atoms with Crippen molar-refractivity contribution in [3.05, 3.63) is 24.0 Å². The molecule has 1 fully saturated rings. The second-order valence-electron chi connectivity index (χ2n) is 6.08. The summed E-state index contributed by atoms with van der Waals surface area (Å²) in [6.45, 7) is 4.77. The lowest BCUT2D eigenvalue weighted by atomic mass is 9.96. The van der Waals surface area contributed by atoms with E-state index in [9.17, 15) is 15.3 Å². The minimum atomic E-state index is -1.67. The van der Waals surface area contributed by atoms with Gasteiger partial charge in [0.2, 0.25) is 0 Å². The molecular formula is C15H17N5O4. The number of nitrogens with one attached hydrogen (secondary N) is 1. The van der Waals surface area contributed by atoms with Crippen LogP contribution >= 0.6 is 0 Å². The van der Waals surface area contributed by atoms with E-state index in [2.05, 4.69) is 26.5 Å². The van der Waals surface area contributed by atoms with Gasteiger partial charge in [-0.25, -0.2) is 9.97 Å². The maximum absolute atomic E-state index is 10.7. The van der Waals surface area contributed by atoms with Crippen molar-refractivity contribution >= 4 is 28.8 Å². The fourth-order valence-electron chi connectivity index (χ4n) is 3.11. The molecule has 24 heavy (non-hydrogen) atoms. The van der Waals surface area contributed by atoms with E-state index in [0.717, 1.165) is 0 Å². The van der Waals surface area contributed by atoms with Crippen LogP contribution in [0.3, 0.4) is 0 Å². The Morgan fingerprint density at radius 3 is 3.00 bits per heavy atom. The van der Waals surface area contributed by atoms with Crippen LogP contribution in [0.15, 0.2) is 18.7 Å². The lowest BCUT2D eigenvalue weighted by Crippen LogP contribution is -2.44. The zero-order valence-electron chi connectivity index (χ0n) is 13.8. The summed E-state index contributed by atoms with van der Waals surface area (Å²) in [6, 6.07) is 0. The zero-order chi connectivity index (χ0) is 17.9. The second kappa shape index (κ2) is 5.08. The predicted molar refractivity (Wildman–Crippen MR) is 84.4 cm³/mol. The summed E-state index contributed by atoms with van der Waals surface area (Å²) in [5.74, 6) is 0. The highest BCUT2D eigenvalue weighted by molar-refractivity contribution is 6.02. The highest BCUT2D eigenvalue weighted by Crippen LogP contribution is 2.40. The molecule has 4 rings (SSSR count). The molecule has 0 bridgehead atoms. The molecule has 0 saturated carbocycles. The molecule has 1 aliphatic rings. The van der Waals surface area contributed by atoms with Crippen molar-refractivity contribution in [2.45, 2.75) is 31.0 Å². The van der Waals surface area contributed by atoms with Gasteiger partial charge < -0.3 is 29.6 Å². The molecular weight excluding hydrogens is 314 g/mol. The van der Waals surface area contributed by atoms with Gasteiger partial charge in [-0.1, -0.05) is 6.58 Å². The van der Waals surface area contributed by atoms with Crippen molar-refractivity contribution in [2.75, 3.05) is 6.61 Å². The summed E-state index contributed by atoms with van der Waals surface area (Å²) >= 11 is 0. The first-order valence-corrected chi connectivity index (χ1v) is 7.39. The van der Waals surface area contributed by atoms with Crippen LogP contribution in [0.5, 0.6) is 0 Å². The fourth-order valence-corrected chi connectivity index (χ4v) is 3.11. The molecule has 0 amide bonds. The number of aliphatic hydroxyl groups excluding tert-OH is 2. The maximum Gasteiger partial charge on any atom is 0.167 e. The first-order chi connectivity index (χ1) is 11.8. The van der Waals surface area contributed by atoms with Crippen LogP contribution in [-0.2, 0) is 4.74 Å². The number of nitrogens with zero attached hydrogens (tertiary/aromatic N) is 4. The van der Waals surface area contributed by atoms with Gasteiger partial charge in [0.25, 0.3) is 0 Å². The highest BCUT2D eigenvalue weighted by atomic mass is 16.6. The summed E-state index contributed by atoms with van der Waals surface area (Å²) in [4.78, 5) is 15.5. The van der Waals surface area contributed by atoms with Crippen LogP contribution in [0.4, 0.5) is 0 Å². The SMILES string of the molecule is [3H]c1nc2[nH]c(=C)cnc3cn([C@@H]4O[C@H](CO)[C@@H](O)C4(C)O)c(n1)c32. The first-order valence-electron chi connectivity index (χ1n) is 7.89. The number of rotatable bonds is 2. The lowest BCUT2D eigenvalue weighted by molar-refractivity contribution is -0.0947.